The lowest BCUT2D eigenvalue weighted by Crippen LogP contribution is -2.48. The normalized spacial score (nSPS) is 16.5. The van der Waals surface area contributed by atoms with Gasteiger partial charge in [0.15, 0.2) is 0 Å². The van der Waals surface area contributed by atoms with E-state index in [1.165, 1.54) is 23.9 Å². The molecule has 1 fully saturated rings. The molecule has 0 bridgehead atoms. The van der Waals surface area contributed by atoms with Crippen molar-refractivity contribution < 1.29 is 9.53 Å². The molecular weight excluding hydrogens is 240 g/mol. The maximum atomic E-state index is 11.3. The minimum Gasteiger partial charge on any atom is -0.468 e. The van der Waals surface area contributed by atoms with Gasteiger partial charge in [-0.3, -0.25) is 9.69 Å². The monoisotopic (exact) mass is 262 g/mol. The van der Waals surface area contributed by atoms with E-state index in [0.29, 0.717) is 6.54 Å². The van der Waals surface area contributed by atoms with Crippen LogP contribution in [0.1, 0.15) is 11.1 Å². The number of ether oxygens (including phenoxy) is 1. The molecule has 0 radical (unpaired) electrons. The molecule has 1 aromatic rings. The molecule has 1 aliphatic rings. The van der Waals surface area contributed by atoms with Crippen LogP contribution in [-0.4, -0.2) is 50.7 Å². The minimum atomic E-state index is -0.153. The van der Waals surface area contributed by atoms with Crippen LogP contribution in [-0.2, 0) is 9.53 Å². The first-order chi connectivity index (χ1) is 9.11. The van der Waals surface area contributed by atoms with Gasteiger partial charge in [-0.25, -0.2) is 0 Å². The zero-order valence-electron chi connectivity index (χ0n) is 12.0. The molecule has 0 unspecified atom stereocenters. The predicted molar refractivity (Wildman–Crippen MR) is 76.6 cm³/mol. The Morgan fingerprint density at radius 3 is 2.53 bits per heavy atom. The highest BCUT2D eigenvalue weighted by Gasteiger charge is 2.20. The average Bonchev–Trinajstić information content (AvgIpc) is 2.43. The highest BCUT2D eigenvalue weighted by molar-refractivity contribution is 5.71. The van der Waals surface area contributed by atoms with E-state index in [4.69, 9.17) is 4.74 Å². The molecule has 1 saturated heterocycles. The number of methoxy groups -OCH3 is 1. The van der Waals surface area contributed by atoms with Gasteiger partial charge in [0.1, 0.15) is 0 Å². The van der Waals surface area contributed by atoms with Crippen molar-refractivity contribution in [2.24, 2.45) is 0 Å². The van der Waals surface area contributed by atoms with Crippen LogP contribution in [0.15, 0.2) is 18.2 Å². The van der Waals surface area contributed by atoms with E-state index in [1.807, 2.05) is 0 Å². The maximum absolute atomic E-state index is 11.3. The summed E-state index contributed by atoms with van der Waals surface area (Å²) < 4.78 is 4.71. The Labute approximate surface area is 115 Å². The fraction of sp³-hybridized carbons (Fsp3) is 0.533. The van der Waals surface area contributed by atoms with E-state index in [1.54, 1.807) is 0 Å². The van der Waals surface area contributed by atoms with Crippen molar-refractivity contribution in [2.45, 2.75) is 13.8 Å². The summed E-state index contributed by atoms with van der Waals surface area (Å²) in [4.78, 5) is 15.8. The van der Waals surface area contributed by atoms with Crippen LogP contribution in [0.4, 0.5) is 5.69 Å². The molecule has 19 heavy (non-hydrogen) atoms. The SMILES string of the molecule is COC(=O)CN1CCN(c2cccc(C)c2C)CC1. The second-order valence-corrected chi connectivity index (χ2v) is 5.06. The van der Waals surface area contributed by atoms with Crippen molar-refractivity contribution in [3.8, 4) is 0 Å². The van der Waals surface area contributed by atoms with Gasteiger partial charge in [-0.1, -0.05) is 12.1 Å². The third kappa shape index (κ3) is 3.26. The average molecular weight is 262 g/mol. The van der Waals surface area contributed by atoms with Crippen LogP contribution in [0.25, 0.3) is 0 Å². The van der Waals surface area contributed by atoms with E-state index >= 15 is 0 Å². The first-order valence-corrected chi connectivity index (χ1v) is 6.72. The van der Waals surface area contributed by atoms with Crippen LogP contribution < -0.4 is 4.90 Å². The molecule has 0 atom stereocenters. The van der Waals surface area contributed by atoms with Crippen molar-refractivity contribution in [3.05, 3.63) is 29.3 Å². The molecule has 0 aliphatic carbocycles. The van der Waals surface area contributed by atoms with Crippen LogP contribution in [0.3, 0.4) is 0 Å². The van der Waals surface area contributed by atoms with Gasteiger partial charge in [-0.15, -0.1) is 0 Å². The summed E-state index contributed by atoms with van der Waals surface area (Å²) >= 11 is 0. The molecule has 2 rings (SSSR count). The number of nitrogens with zero attached hydrogens (tertiary/aromatic N) is 2. The first kappa shape index (κ1) is 13.9. The summed E-state index contributed by atoms with van der Waals surface area (Å²) in [6, 6.07) is 6.43. The standard InChI is InChI=1S/C15H22N2O2/c1-12-5-4-6-14(13(12)2)17-9-7-16(8-10-17)11-15(18)19-3/h4-6H,7-11H2,1-3H3. The molecule has 0 saturated carbocycles. The van der Waals surface area contributed by atoms with Gasteiger partial charge in [0.05, 0.1) is 13.7 Å². The van der Waals surface area contributed by atoms with Gasteiger partial charge >= 0.3 is 5.97 Å². The number of benzene rings is 1. The second-order valence-electron chi connectivity index (χ2n) is 5.06. The maximum Gasteiger partial charge on any atom is 0.319 e. The lowest BCUT2D eigenvalue weighted by atomic mass is 10.1. The zero-order valence-corrected chi connectivity index (χ0v) is 12.0. The van der Waals surface area contributed by atoms with Crippen LogP contribution in [0, 0.1) is 13.8 Å². The Bertz CT molecular complexity index is 451. The van der Waals surface area contributed by atoms with Crippen molar-refractivity contribution >= 4 is 11.7 Å². The molecule has 0 aromatic heterocycles. The van der Waals surface area contributed by atoms with Crippen molar-refractivity contribution in [1.29, 1.82) is 0 Å². The number of carbonyl (C=O) groups is 1. The van der Waals surface area contributed by atoms with Crippen LogP contribution in [0.2, 0.25) is 0 Å². The number of rotatable bonds is 3. The van der Waals surface area contributed by atoms with E-state index in [0.717, 1.165) is 26.2 Å². The quantitative estimate of drug-likeness (QED) is 0.775. The summed E-state index contributed by atoms with van der Waals surface area (Å²) in [6.07, 6.45) is 0. The number of anilines is 1. The van der Waals surface area contributed by atoms with E-state index in [9.17, 15) is 4.79 Å². The third-order valence-corrected chi connectivity index (χ3v) is 3.87. The topological polar surface area (TPSA) is 32.8 Å². The highest BCUT2D eigenvalue weighted by Crippen LogP contribution is 2.23. The molecule has 4 heteroatoms. The van der Waals surface area contributed by atoms with Crippen molar-refractivity contribution in [3.63, 3.8) is 0 Å². The molecule has 1 aliphatic heterocycles. The number of hydrogen-bond acceptors (Lipinski definition) is 4. The fourth-order valence-corrected chi connectivity index (χ4v) is 2.47. The van der Waals surface area contributed by atoms with E-state index < -0.39 is 0 Å². The summed E-state index contributed by atoms with van der Waals surface area (Å²) in [5, 5.41) is 0. The first-order valence-electron chi connectivity index (χ1n) is 6.72. The van der Waals surface area contributed by atoms with Gasteiger partial charge in [0, 0.05) is 31.9 Å². The predicted octanol–water partition coefficient (Wildman–Crippen LogP) is 1.60. The van der Waals surface area contributed by atoms with E-state index in [2.05, 4.69) is 41.8 Å². The number of piperazine rings is 1. The fourth-order valence-electron chi connectivity index (χ4n) is 2.47. The van der Waals surface area contributed by atoms with Gasteiger partial charge < -0.3 is 9.64 Å². The lowest BCUT2D eigenvalue weighted by molar-refractivity contribution is -0.142. The van der Waals surface area contributed by atoms with Gasteiger partial charge in [-0.2, -0.15) is 0 Å². The summed E-state index contributed by atoms with van der Waals surface area (Å²) in [6.45, 7) is 8.45. The second kappa shape index (κ2) is 6.06. The summed E-state index contributed by atoms with van der Waals surface area (Å²) in [7, 11) is 1.44. The molecule has 0 N–H and O–H groups in total. The molecule has 0 amide bonds. The Hall–Kier alpha value is -1.55. The minimum absolute atomic E-state index is 0.153. The van der Waals surface area contributed by atoms with Gasteiger partial charge in [0.25, 0.3) is 0 Å². The van der Waals surface area contributed by atoms with Crippen LogP contribution in [0.5, 0.6) is 0 Å². The Balaban J connectivity index is 1.96. The molecule has 0 spiro atoms. The third-order valence-electron chi connectivity index (χ3n) is 3.87. The largest absolute Gasteiger partial charge is 0.468 e. The van der Waals surface area contributed by atoms with Crippen LogP contribution >= 0.6 is 0 Å². The number of carbonyl (C=O) groups excluding carboxylic acids is 1. The number of aryl methyl sites for hydroxylation is 1. The molecule has 4 nitrogen and oxygen atoms in total. The smallest absolute Gasteiger partial charge is 0.319 e. The summed E-state index contributed by atoms with van der Waals surface area (Å²) in [5.74, 6) is -0.153. The Morgan fingerprint density at radius 2 is 1.89 bits per heavy atom. The molecule has 104 valence electrons. The van der Waals surface area contributed by atoms with Crippen molar-refractivity contribution in [2.75, 3.05) is 44.7 Å². The zero-order chi connectivity index (χ0) is 13.8. The molecular formula is C15H22N2O2. The Kier molecular flexibility index (Phi) is 4.43. The number of hydrogen-bond donors (Lipinski definition) is 0. The van der Waals surface area contributed by atoms with Crippen molar-refractivity contribution in [1.82, 2.24) is 4.90 Å². The summed E-state index contributed by atoms with van der Waals surface area (Å²) in [5.41, 5.74) is 4.00. The van der Waals surface area contributed by atoms with Gasteiger partial charge in [0.2, 0.25) is 0 Å². The van der Waals surface area contributed by atoms with Gasteiger partial charge in [-0.05, 0) is 31.0 Å². The highest BCUT2D eigenvalue weighted by atomic mass is 16.5. The van der Waals surface area contributed by atoms with E-state index in [-0.39, 0.29) is 5.97 Å². The lowest BCUT2D eigenvalue weighted by Gasteiger charge is -2.36. The number of esters is 1. The Morgan fingerprint density at radius 1 is 1.21 bits per heavy atom. The molecule has 1 aromatic carbocycles. The molecule has 1 heterocycles.